The summed E-state index contributed by atoms with van der Waals surface area (Å²) >= 11 is 5.84. The molecule has 0 fully saturated rings. The summed E-state index contributed by atoms with van der Waals surface area (Å²) in [4.78, 5) is 34.0. The van der Waals surface area contributed by atoms with E-state index in [0.29, 0.717) is 0 Å². The van der Waals surface area contributed by atoms with Crippen molar-refractivity contribution in [2.45, 2.75) is 19.4 Å². The van der Waals surface area contributed by atoms with Gasteiger partial charge in [-0.25, -0.2) is 4.79 Å². The fraction of sp³-hybridized carbons (Fsp3) is 0.308. The molecular weight excluding hydrogens is 284 g/mol. The van der Waals surface area contributed by atoms with Gasteiger partial charge in [-0.3, -0.25) is 9.59 Å². The second kappa shape index (κ2) is 7.49. The molecular formula is C13H15ClN2O4. The topological polar surface area (TPSA) is 95.5 Å². The van der Waals surface area contributed by atoms with Crippen molar-refractivity contribution in [1.82, 2.24) is 10.6 Å². The van der Waals surface area contributed by atoms with E-state index in [4.69, 9.17) is 16.7 Å². The van der Waals surface area contributed by atoms with E-state index in [1.165, 1.54) is 6.07 Å². The van der Waals surface area contributed by atoms with Crippen LogP contribution in [-0.2, 0) is 9.59 Å². The van der Waals surface area contributed by atoms with Crippen molar-refractivity contribution in [3.8, 4) is 0 Å². The number of halogens is 1. The van der Waals surface area contributed by atoms with Gasteiger partial charge in [0.05, 0.1) is 17.1 Å². The smallest absolute Gasteiger partial charge is 0.326 e. The summed E-state index contributed by atoms with van der Waals surface area (Å²) in [5.74, 6) is -2.17. The van der Waals surface area contributed by atoms with E-state index < -0.39 is 23.8 Å². The molecule has 1 aromatic rings. The van der Waals surface area contributed by atoms with Gasteiger partial charge < -0.3 is 15.7 Å². The Bertz CT molecular complexity index is 519. The van der Waals surface area contributed by atoms with Crippen LogP contribution in [-0.4, -0.2) is 35.5 Å². The average Bonchev–Trinajstić information content (AvgIpc) is 2.42. The first-order chi connectivity index (χ1) is 9.45. The predicted octanol–water partition coefficient (Wildman–Crippen LogP) is 1.05. The van der Waals surface area contributed by atoms with Crippen LogP contribution in [0.3, 0.4) is 0 Å². The van der Waals surface area contributed by atoms with Crippen LogP contribution in [0.15, 0.2) is 24.3 Å². The van der Waals surface area contributed by atoms with Crippen LogP contribution >= 0.6 is 11.6 Å². The molecule has 2 amide bonds. The molecule has 0 aliphatic heterocycles. The van der Waals surface area contributed by atoms with Gasteiger partial charge in [0, 0.05) is 0 Å². The van der Waals surface area contributed by atoms with E-state index in [0.717, 1.165) is 0 Å². The molecule has 0 saturated heterocycles. The maximum absolute atomic E-state index is 11.8. The lowest BCUT2D eigenvalue weighted by atomic mass is 10.2. The van der Waals surface area contributed by atoms with Crippen molar-refractivity contribution in [2.24, 2.45) is 0 Å². The van der Waals surface area contributed by atoms with Gasteiger partial charge in [-0.05, 0) is 18.6 Å². The van der Waals surface area contributed by atoms with Gasteiger partial charge in [-0.2, -0.15) is 0 Å². The molecule has 1 atom stereocenters. The maximum Gasteiger partial charge on any atom is 0.326 e. The van der Waals surface area contributed by atoms with E-state index >= 15 is 0 Å². The summed E-state index contributed by atoms with van der Waals surface area (Å²) in [5, 5.41) is 13.8. The number of benzene rings is 1. The highest BCUT2D eigenvalue weighted by atomic mass is 35.5. The van der Waals surface area contributed by atoms with Crippen molar-refractivity contribution in [1.29, 1.82) is 0 Å². The zero-order chi connectivity index (χ0) is 15.1. The minimum Gasteiger partial charge on any atom is -0.480 e. The van der Waals surface area contributed by atoms with E-state index in [-0.39, 0.29) is 23.6 Å². The summed E-state index contributed by atoms with van der Waals surface area (Å²) in [5.41, 5.74) is 0.257. The molecule has 108 valence electrons. The highest BCUT2D eigenvalue weighted by Gasteiger charge is 2.18. The average molecular weight is 299 g/mol. The second-order valence-corrected chi connectivity index (χ2v) is 4.44. The Morgan fingerprint density at radius 3 is 2.50 bits per heavy atom. The molecule has 0 saturated carbocycles. The van der Waals surface area contributed by atoms with Crippen LogP contribution in [0.5, 0.6) is 0 Å². The summed E-state index contributed by atoms with van der Waals surface area (Å²) in [6.07, 6.45) is 0.263. The minimum absolute atomic E-state index is 0.257. The highest BCUT2D eigenvalue weighted by molar-refractivity contribution is 6.33. The molecule has 0 heterocycles. The molecule has 0 spiro atoms. The van der Waals surface area contributed by atoms with Crippen LogP contribution in [0, 0.1) is 0 Å². The van der Waals surface area contributed by atoms with Crippen molar-refractivity contribution < 1.29 is 19.5 Å². The van der Waals surface area contributed by atoms with Crippen LogP contribution in [0.2, 0.25) is 5.02 Å². The van der Waals surface area contributed by atoms with Crippen molar-refractivity contribution in [2.75, 3.05) is 6.54 Å². The summed E-state index contributed by atoms with van der Waals surface area (Å²) in [7, 11) is 0. The van der Waals surface area contributed by atoms with Crippen molar-refractivity contribution in [3.63, 3.8) is 0 Å². The quantitative estimate of drug-likeness (QED) is 0.731. The van der Waals surface area contributed by atoms with Crippen molar-refractivity contribution >= 4 is 29.4 Å². The molecule has 0 radical (unpaired) electrons. The monoisotopic (exact) mass is 298 g/mol. The number of rotatable bonds is 6. The van der Waals surface area contributed by atoms with E-state index in [9.17, 15) is 14.4 Å². The van der Waals surface area contributed by atoms with Crippen LogP contribution in [0.4, 0.5) is 0 Å². The van der Waals surface area contributed by atoms with Gasteiger partial charge in [0.2, 0.25) is 5.91 Å². The molecule has 7 heteroatoms. The second-order valence-electron chi connectivity index (χ2n) is 4.03. The van der Waals surface area contributed by atoms with Gasteiger partial charge in [-0.1, -0.05) is 30.7 Å². The number of carbonyl (C=O) groups is 3. The highest BCUT2D eigenvalue weighted by Crippen LogP contribution is 2.14. The first-order valence-corrected chi connectivity index (χ1v) is 6.38. The zero-order valence-electron chi connectivity index (χ0n) is 10.9. The molecule has 0 unspecified atom stereocenters. The number of carboxylic acids is 1. The number of aliphatic carboxylic acids is 1. The normalized spacial score (nSPS) is 11.5. The Kier molecular flexibility index (Phi) is 5.99. The molecule has 20 heavy (non-hydrogen) atoms. The van der Waals surface area contributed by atoms with E-state index in [2.05, 4.69) is 10.6 Å². The summed E-state index contributed by atoms with van der Waals surface area (Å²) < 4.78 is 0. The van der Waals surface area contributed by atoms with E-state index in [1.807, 2.05) is 0 Å². The number of hydrogen-bond acceptors (Lipinski definition) is 3. The van der Waals surface area contributed by atoms with Crippen LogP contribution < -0.4 is 10.6 Å². The lowest BCUT2D eigenvalue weighted by molar-refractivity contribution is -0.141. The largest absolute Gasteiger partial charge is 0.480 e. The third-order valence-corrected chi connectivity index (χ3v) is 2.90. The summed E-state index contributed by atoms with van der Waals surface area (Å²) in [6.45, 7) is 1.33. The Morgan fingerprint density at radius 1 is 1.30 bits per heavy atom. The number of carbonyl (C=O) groups excluding carboxylic acids is 2. The summed E-state index contributed by atoms with van der Waals surface area (Å²) in [6, 6.07) is 5.47. The van der Waals surface area contributed by atoms with Gasteiger partial charge in [0.15, 0.2) is 0 Å². The lowest BCUT2D eigenvalue weighted by Gasteiger charge is -2.12. The third kappa shape index (κ3) is 4.55. The SMILES string of the molecule is CC[C@@H](NC(=O)CNC(=O)c1ccccc1Cl)C(=O)O. The van der Waals surface area contributed by atoms with Crippen LogP contribution in [0.25, 0.3) is 0 Å². The lowest BCUT2D eigenvalue weighted by Crippen LogP contribution is -2.45. The Balaban J connectivity index is 2.51. The van der Waals surface area contributed by atoms with Gasteiger partial charge in [0.25, 0.3) is 5.91 Å². The van der Waals surface area contributed by atoms with Crippen LogP contribution in [0.1, 0.15) is 23.7 Å². The molecule has 1 rings (SSSR count). The number of hydrogen-bond donors (Lipinski definition) is 3. The van der Waals surface area contributed by atoms with E-state index in [1.54, 1.807) is 25.1 Å². The maximum atomic E-state index is 11.8. The first kappa shape index (κ1) is 16.0. The van der Waals surface area contributed by atoms with Gasteiger partial charge >= 0.3 is 5.97 Å². The standard InChI is InChI=1S/C13H15ClN2O4/c1-2-10(13(19)20)16-11(17)7-15-12(18)8-5-3-4-6-9(8)14/h3-6,10H,2,7H2,1H3,(H,15,18)(H,16,17)(H,19,20)/t10-/m1/s1. The molecule has 0 aliphatic rings. The molecule has 3 N–H and O–H groups in total. The first-order valence-electron chi connectivity index (χ1n) is 6.00. The van der Waals surface area contributed by atoms with Gasteiger partial charge in [0.1, 0.15) is 6.04 Å². The molecule has 1 aromatic carbocycles. The third-order valence-electron chi connectivity index (χ3n) is 2.57. The van der Waals surface area contributed by atoms with Gasteiger partial charge in [-0.15, -0.1) is 0 Å². The van der Waals surface area contributed by atoms with Crippen molar-refractivity contribution in [3.05, 3.63) is 34.9 Å². The molecule has 0 aliphatic carbocycles. The zero-order valence-corrected chi connectivity index (χ0v) is 11.6. The number of carboxylic acid groups (broad SMARTS) is 1. The Hall–Kier alpha value is -2.08. The minimum atomic E-state index is -1.11. The Labute approximate surface area is 121 Å². The molecule has 6 nitrogen and oxygen atoms in total. The number of amides is 2. The number of nitrogens with one attached hydrogen (secondary N) is 2. The fourth-order valence-corrected chi connectivity index (χ4v) is 1.71. The fourth-order valence-electron chi connectivity index (χ4n) is 1.48. The molecule has 0 aromatic heterocycles. The predicted molar refractivity (Wildman–Crippen MR) is 73.6 cm³/mol. The molecule has 0 bridgehead atoms. The Morgan fingerprint density at radius 2 is 1.95 bits per heavy atom.